The summed E-state index contributed by atoms with van der Waals surface area (Å²) in [6, 6.07) is 11.0. The van der Waals surface area contributed by atoms with Gasteiger partial charge >= 0.3 is 0 Å². The standard InChI is InChI=1S/C19H22N2O3/c1-13-18-8-5-9-20(18)10-11-21(13)19(23)15(3)24-17-7-4-6-16(12-17)14(2)22/h4-9,12-13,15H,10-11H2,1-3H3/t13-,15-/m1/s1. The molecule has 1 aromatic carbocycles. The van der Waals surface area contributed by atoms with Crippen LogP contribution in [0.2, 0.25) is 0 Å². The van der Waals surface area contributed by atoms with E-state index in [2.05, 4.69) is 4.57 Å². The molecule has 2 heterocycles. The Balaban J connectivity index is 1.71. The number of aromatic nitrogens is 1. The van der Waals surface area contributed by atoms with Crippen molar-refractivity contribution in [1.82, 2.24) is 9.47 Å². The first kappa shape index (κ1) is 16.3. The van der Waals surface area contributed by atoms with Crippen molar-refractivity contribution < 1.29 is 14.3 Å². The second-order valence-corrected chi connectivity index (χ2v) is 6.18. The number of Topliss-reactive ketones (excluding diaryl/α,β-unsaturated/α-hetero) is 1. The van der Waals surface area contributed by atoms with E-state index in [4.69, 9.17) is 4.74 Å². The molecule has 0 saturated heterocycles. The molecule has 2 atom stereocenters. The monoisotopic (exact) mass is 326 g/mol. The number of nitrogens with zero attached hydrogens (tertiary/aromatic N) is 2. The molecule has 1 aliphatic heterocycles. The highest BCUT2D eigenvalue weighted by atomic mass is 16.5. The normalized spacial score (nSPS) is 18.0. The lowest BCUT2D eigenvalue weighted by Crippen LogP contribution is -2.46. The van der Waals surface area contributed by atoms with Crippen LogP contribution >= 0.6 is 0 Å². The van der Waals surface area contributed by atoms with Crippen molar-refractivity contribution in [1.29, 1.82) is 0 Å². The van der Waals surface area contributed by atoms with Gasteiger partial charge in [-0.05, 0) is 45.0 Å². The maximum Gasteiger partial charge on any atom is 0.263 e. The Morgan fingerprint density at radius 2 is 2.00 bits per heavy atom. The van der Waals surface area contributed by atoms with Gasteiger partial charge in [-0.3, -0.25) is 9.59 Å². The number of hydrogen-bond donors (Lipinski definition) is 0. The molecule has 24 heavy (non-hydrogen) atoms. The predicted molar refractivity (Wildman–Crippen MR) is 91.1 cm³/mol. The number of hydrogen-bond acceptors (Lipinski definition) is 3. The van der Waals surface area contributed by atoms with E-state index in [-0.39, 0.29) is 17.7 Å². The Morgan fingerprint density at radius 1 is 1.21 bits per heavy atom. The molecule has 0 aliphatic carbocycles. The molecule has 0 radical (unpaired) electrons. The van der Waals surface area contributed by atoms with Crippen LogP contribution in [0.15, 0.2) is 42.6 Å². The number of amides is 1. The Morgan fingerprint density at radius 3 is 2.75 bits per heavy atom. The van der Waals surface area contributed by atoms with E-state index in [1.807, 2.05) is 30.2 Å². The summed E-state index contributed by atoms with van der Waals surface area (Å²) in [5.41, 5.74) is 1.72. The molecule has 1 aromatic heterocycles. The van der Waals surface area contributed by atoms with Crippen molar-refractivity contribution in [3.05, 3.63) is 53.9 Å². The second kappa shape index (κ2) is 6.51. The Labute approximate surface area is 141 Å². The van der Waals surface area contributed by atoms with Crippen molar-refractivity contribution in [3.63, 3.8) is 0 Å². The number of benzene rings is 1. The highest BCUT2D eigenvalue weighted by molar-refractivity contribution is 5.94. The Kier molecular flexibility index (Phi) is 4.42. The summed E-state index contributed by atoms with van der Waals surface area (Å²) in [5.74, 6) is 0.476. The molecule has 5 heteroatoms. The van der Waals surface area contributed by atoms with E-state index < -0.39 is 6.10 Å². The minimum atomic E-state index is -0.601. The number of carbonyl (C=O) groups excluding carboxylic acids is 2. The van der Waals surface area contributed by atoms with Crippen LogP contribution in [0.25, 0.3) is 0 Å². The fraction of sp³-hybridized carbons (Fsp3) is 0.368. The summed E-state index contributed by atoms with van der Waals surface area (Å²) in [7, 11) is 0. The third-order valence-corrected chi connectivity index (χ3v) is 4.53. The first-order chi connectivity index (χ1) is 11.5. The molecule has 5 nitrogen and oxygen atoms in total. The van der Waals surface area contributed by atoms with Crippen LogP contribution in [0.3, 0.4) is 0 Å². The van der Waals surface area contributed by atoms with E-state index in [0.29, 0.717) is 17.9 Å². The van der Waals surface area contributed by atoms with Gasteiger partial charge in [0.05, 0.1) is 6.04 Å². The van der Waals surface area contributed by atoms with Crippen LogP contribution < -0.4 is 4.74 Å². The second-order valence-electron chi connectivity index (χ2n) is 6.18. The van der Waals surface area contributed by atoms with Gasteiger partial charge in [-0.2, -0.15) is 0 Å². The molecular formula is C19H22N2O3. The summed E-state index contributed by atoms with van der Waals surface area (Å²) >= 11 is 0. The van der Waals surface area contributed by atoms with Crippen LogP contribution in [0.1, 0.15) is 42.9 Å². The molecule has 1 amide bonds. The van der Waals surface area contributed by atoms with Gasteiger partial charge in [-0.15, -0.1) is 0 Å². The topological polar surface area (TPSA) is 51.5 Å². The first-order valence-electron chi connectivity index (χ1n) is 8.20. The summed E-state index contributed by atoms with van der Waals surface area (Å²) in [6.07, 6.45) is 1.44. The van der Waals surface area contributed by atoms with E-state index in [9.17, 15) is 9.59 Å². The molecule has 0 bridgehead atoms. The van der Waals surface area contributed by atoms with Crippen molar-refractivity contribution in [2.45, 2.75) is 39.5 Å². The van der Waals surface area contributed by atoms with E-state index in [1.165, 1.54) is 6.92 Å². The van der Waals surface area contributed by atoms with Gasteiger partial charge in [-0.25, -0.2) is 0 Å². The van der Waals surface area contributed by atoms with Crippen LogP contribution in [-0.2, 0) is 11.3 Å². The molecule has 0 unspecified atom stereocenters. The lowest BCUT2D eigenvalue weighted by atomic mass is 10.1. The fourth-order valence-corrected chi connectivity index (χ4v) is 3.16. The number of rotatable bonds is 4. The molecule has 3 rings (SSSR count). The van der Waals surface area contributed by atoms with Crippen LogP contribution in [0.4, 0.5) is 0 Å². The van der Waals surface area contributed by atoms with Gasteiger partial charge in [0, 0.05) is 30.5 Å². The van der Waals surface area contributed by atoms with Gasteiger partial charge in [0.1, 0.15) is 5.75 Å². The smallest absolute Gasteiger partial charge is 0.263 e. The zero-order valence-electron chi connectivity index (χ0n) is 14.2. The zero-order valence-corrected chi connectivity index (χ0v) is 14.2. The summed E-state index contributed by atoms with van der Waals surface area (Å²) < 4.78 is 7.96. The molecule has 0 N–H and O–H groups in total. The summed E-state index contributed by atoms with van der Waals surface area (Å²) in [5, 5.41) is 0. The maximum absolute atomic E-state index is 12.8. The van der Waals surface area contributed by atoms with Gasteiger partial charge in [0.15, 0.2) is 11.9 Å². The summed E-state index contributed by atoms with van der Waals surface area (Å²) in [6.45, 7) is 6.77. The third-order valence-electron chi connectivity index (χ3n) is 4.53. The fourth-order valence-electron chi connectivity index (χ4n) is 3.16. The quantitative estimate of drug-likeness (QED) is 0.812. The molecule has 126 valence electrons. The van der Waals surface area contributed by atoms with Crippen LogP contribution in [0.5, 0.6) is 5.75 Å². The Hall–Kier alpha value is -2.56. The van der Waals surface area contributed by atoms with Gasteiger partial charge < -0.3 is 14.2 Å². The molecule has 0 saturated carbocycles. The van der Waals surface area contributed by atoms with Crippen molar-refractivity contribution in [2.75, 3.05) is 6.54 Å². The highest BCUT2D eigenvalue weighted by Crippen LogP contribution is 2.26. The average Bonchev–Trinajstić information content (AvgIpc) is 3.04. The molecule has 1 aliphatic rings. The van der Waals surface area contributed by atoms with Crippen molar-refractivity contribution >= 4 is 11.7 Å². The Bertz CT molecular complexity index is 765. The van der Waals surface area contributed by atoms with Gasteiger partial charge in [0.25, 0.3) is 5.91 Å². The number of carbonyl (C=O) groups is 2. The predicted octanol–water partition coefficient (Wildman–Crippen LogP) is 3.06. The molecule has 0 spiro atoms. The minimum absolute atomic E-state index is 0.0233. The molecular weight excluding hydrogens is 304 g/mol. The molecule has 0 fully saturated rings. The zero-order chi connectivity index (χ0) is 17.3. The van der Waals surface area contributed by atoms with E-state index in [1.54, 1.807) is 31.2 Å². The lowest BCUT2D eigenvalue weighted by Gasteiger charge is -2.36. The van der Waals surface area contributed by atoms with Crippen LogP contribution in [-0.4, -0.2) is 33.8 Å². The third kappa shape index (κ3) is 3.07. The summed E-state index contributed by atoms with van der Waals surface area (Å²) in [4.78, 5) is 26.1. The highest BCUT2D eigenvalue weighted by Gasteiger charge is 2.31. The van der Waals surface area contributed by atoms with E-state index >= 15 is 0 Å². The van der Waals surface area contributed by atoms with Gasteiger partial charge in [0.2, 0.25) is 0 Å². The average molecular weight is 326 g/mol. The number of ether oxygens (including phenoxy) is 1. The van der Waals surface area contributed by atoms with Crippen LogP contribution in [0, 0.1) is 0 Å². The van der Waals surface area contributed by atoms with Crippen molar-refractivity contribution in [2.24, 2.45) is 0 Å². The molecule has 2 aromatic rings. The number of fused-ring (bicyclic) bond motifs is 1. The lowest BCUT2D eigenvalue weighted by molar-refractivity contribution is -0.141. The minimum Gasteiger partial charge on any atom is -0.481 e. The van der Waals surface area contributed by atoms with Crippen molar-refractivity contribution in [3.8, 4) is 5.75 Å². The largest absolute Gasteiger partial charge is 0.481 e. The number of ketones is 1. The van der Waals surface area contributed by atoms with E-state index in [0.717, 1.165) is 12.2 Å². The maximum atomic E-state index is 12.8. The van der Waals surface area contributed by atoms with Gasteiger partial charge in [-0.1, -0.05) is 12.1 Å². The SMILES string of the molecule is CC(=O)c1cccc(O[C@H](C)C(=O)N2CCn3cccc3[C@H]2C)c1. The first-order valence-corrected chi connectivity index (χ1v) is 8.20.